The van der Waals surface area contributed by atoms with Crippen LogP contribution in [0.15, 0.2) is 41.7 Å². The van der Waals surface area contributed by atoms with Gasteiger partial charge in [-0.3, -0.25) is 10.1 Å². The summed E-state index contributed by atoms with van der Waals surface area (Å²) in [6.45, 7) is 5.20. The number of likely N-dealkylation sites (N-methyl/N-ethyl adjacent to an activating group) is 1. The van der Waals surface area contributed by atoms with Gasteiger partial charge in [-0.2, -0.15) is 5.10 Å². The van der Waals surface area contributed by atoms with Gasteiger partial charge in [-0.1, -0.05) is 23.2 Å². The van der Waals surface area contributed by atoms with Crippen molar-refractivity contribution in [2.24, 2.45) is 0 Å². The molecule has 1 aromatic carbocycles. The first-order valence-corrected chi connectivity index (χ1v) is 14.7. The minimum absolute atomic E-state index is 0.0924. The lowest BCUT2D eigenvalue weighted by molar-refractivity contribution is 0.216. The highest BCUT2D eigenvalue weighted by Gasteiger charge is 2.40. The number of hydrogen-bond donors (Lipinski definition) is 2. The van der Waals surface area contributed by atoms with E-state index < -0.39 is 15.9 Å². The predicted octanol–water partition coefficient (Wildman–Crippen LogP) is 4.68. The van der Waals surface area contributed by atoms with Gasteiger partial charge in [0.25, 0.3) is 0 Å². The van der Waals surface area contributed by atoms with Crippen LogP contribution in [0, 0.1) is 0 Å². The van der Waals surface area contributed by atoms with Crippen molar-refractivity contribution in [1.82, 2.24) is 25.5 Å². The van der Waals surface area contributed by atoms with Crippen LogP contribution >= 0.6 is 23.2 Å². The summed E-state index contributed by atoms with van der Waals surface area (Å²) in [7, 11) is -0.146. The molecule has 3 aromatic heterocycles. The van der Waals surface area contributed by atoms with Gasteiger partial charge < -0.3 is 19.7 Å². The summed E-state index contributed by atoms with van der Waals surface area (Å²) >= 11 is 12.7. The second-order valence-electron chi connectivity index (χ2n) is 9.88. The number of ether oxygens (including phenoxy) is 2. The Morgan fingerprint density at radius 2 is 1.82 bits per heavy atom. The third-order valence-corrected chi connectivity index (χ3v) is 8.64. The number of halogens is 2. The van der Waals surface area contributed by atoms with Crippen LogP contribution in [0.25, 0.3) is 22.2 Å². The van der Waals surface area contributed by atoms with Crippen molar-refractivity contribution in [3.8, 4) is 22.8 Å². The molecule has 1 atom stereocenters. The monoisotopic (exact) mass is 590 g/mol. The Morgan fingerprint density at radius 3 is 2.44 bits per heavy atom. The largest absolute Gasteiger partial charge is 0.493 e. The average Bonchev–Trinajstić information content (AvgIpc) is 3.28. The fourth-order valence-electron chi connectivity index (χ4n) is 4.74. The quantitative estimate of drug-likeness (QED) is 0.301. The highest BCUT2D eigenvalue weighted by Crippen LogP contribution is 2.41. The zero-order chi connectivity index (χ0) is 28.1. The van der Waals surface area contributed by atoms with Crippen molar-refractivity contribution in [1.29, 1.82) is 0 Å². The maximum absolute atomic E-state index is 12.8. The predicted molar refractivity (Wildman–Crippen MR) is 152 cm³/mol. The Balaban J connectivity index is 1.55. The molecule has 1 aliphatic rings. The van der Waals surface area contributed by atoms with Crippen molar-refractivity contribution in [2.45, 2.75) is 30.4 Å². The lowest BCUT2D eigenvalue weighted by Crippen LogP contribution is -2.67. The van der Waals surface area contributed by atoms with Crippen LogP contribution in [-0.2, 0) is 9.84 Å². The third-order valence-electron chi connectivity index (χ3n) is 6.94. The molecular formula is C26H28Cl2N6O4S. The van der Waals surface area contributed by atoms with Crippen molar-refractivity contribution < 1.29 is 17.9 Å². The lowest BCUT2D eigenvalue weighted by atomic mass is 9.92. The van der Waals surface area contributed by atoms with Crippen LogP contribution in [-0.4, -0.2) is 67.6 Å². The standard InChI is InChI=1S/C26H28Cl2N6O4S/c1-14(23-17(27)10-30-11-18(23)28)38-21-7-16-19(8-20(21)37-4)32-33-24(16)15-6-22(39(5,35)36)25(31-9-15)34-12-26(2,13-34)29-3/h6-11,14,29H,12-13H2,1-5H3,(H,32,33)/t14-/m1/s1. The number of aromatic amines is 1. The van der Waals surface area contributed by atoms with Gasteiger partial charge >= 0.3 is 0 Å². The summed E-state index contributed by atoms with van der Waals surface area (Å²) in [5.74, 6) is 1.34. The normalized spacial score (nSPS) is 15.7. The van der Waals surface area contributed by atoms with E-state index in [1.165, 1.54) is 25.8 Å². The molecule has 0 saturated carbocycles. The molecule has 206 valence electrons. The van der Waals surface area contributed by atoms with Gasteiger partial charge in [-0.05, 0) is 33.0 Å². The molecule has 13 heteroatoms. The highest BCUT2D eigenvalue weighted by molar-refractivity contribution is 7.90. The average molecular weight is 592 g/mol. The molecule has 2 N–H and O–H groups in total. The zero-order valence-corrected chi connectivity index (χ0v) is 24.4. The van der Waals surface area contributed by atoms with Gasteiger partial charge in [0.05, 0.1) is 28.2 Å². The molecule has 1 fully saturated rings. The second kappa shape index (κ2) is 10.1. The number of methoxy groups -OCH3 is 1. The van der Waals surface area contributed by atoms with Crippen LogP contribution < -0.4 is 19.7 Å². The van der Waals surface area contributed by atoms with Crippen LogP contribution in [0.5, 0.6) is 11.5 Å². The zero-order valence-electron chi connectivity index (χ0n) is 22.0. The number of H-pyrrole nitrogens is 1. The molecule has 5 rings (SSSR count). The molecule has 4 heterocycles. The molecule has 4 aromatic rings. The van der Waals surface area contributed by atoms with E-state index >= 15 is 0 Å². The molecule has 0 spiro atoms. The van der Waals surface area contributed by atoms with Gasteiger partial charge in [0, 0.05) is 60.5 Å². The highest BCUT2D eigenvalue weighted by atomic mass is 35.5. The van der Waals surface area contributed by atoms with E-state index in [-0.39, 0.29) is 10.4 Å². The minimum atomic E-state index is -3.58. The Kier molecular flexibility index (Phi) is 7.13. The number of aromatic nitrogens is 4. The van der Waals surface area contributed by atoms with E-state index in [9.17, 15) is 8.42 Å². The number of pyridine rings is 2. The van der Waals surface area contributed by atoms with Gasteiger partial charge in [-0.25, -0.2) is 13.4 Å². The van der Waals surface area contributed by atoms with E-state index in [2.05, 4.69) is 32.4 Å². The summed E-state index contributed by atoms with van der Waals surface area (Å²) in [6.07, 6.45) is 5.31. The number of nitrogens with zero attached hydrogens (tertiary/aromatic N) is 4. The van der Waals surface area contributed by atoms with E-state index in [1.807, 2.05) is 18.9 Å². The van der Waals surface area contributed by atoms with E-state index in [1.54, 1.807) is 24.4 Å². The third kappa shape index (κ3) is 5.11. The summed E-state index contributed by atoms with van der Waals surface area (Å²) in [4.78, 5) is 10.7. The molecule has 39 heavy (non-hydrogen) atoms. The second-order valence-corrected chi connectivity index (χ2v) is 12.7. The van der Waals surface area contributed by atoms with Crippen molar-refractivity contribution in [3.05, 3.63) is 52.4 Å². The topological polar surface area (TPSA) is 122 Å². The SMILES string of the molecule is CNC1(C)CN(c2ncc(-c3n[nH]c4cc(OC)c(O[C@H](C)c5c(Cl)cncc5Cl)cc34)cc2S(C)(=O)=O)C1. The first-order chi connectivity index (χ1) is 18.4. The maximum Gasteiger partial charge on any atom is 0.179 e. The van der Waals surface area contributed by atoms with Crippen LogP contribution in [0.3, 0.4) is 0 Å². The number of anilines is 1. The number of fused-ring (bicyclic) bond motifs is 1. The maximum atomic E-state index is 12.8. The molecule has 0 amide bonds. The first kappa shape index (κ1) is 27.4. The molecule has 0 bridgehead atoms. The molecule has 0 aliphatic carbocycles. The number of hydrogen-bond acceptors (Lipinski definition) is 9. The molecule has 0 radical (unpaired) electrons. The van der Waals surface area contributed by atoms with Crippen molar-refractivity contribution in [2.75, 3.05) is 38.4 Å². The summed E-state index contributed by atoms with van der Waals surface area (Å²) in [5, 5.41) is 12.2. The van der Waals surface area contributed by atoms with Crippen LogP contribution in [0.4, 0.5) is 5.82 Å². The molecule has 1 saturated heterocycles. The van der Waals surface area contributed by atoms with E-state index in [0.29, 0.717) is 68.2 Å². The van der Waals surface area contributed by atoms with E-state index in [4.69, 9.17) is 32.7 Å². The Hall–Kier alpha value is -3.12. The number of rotatable bonds is 8. The Labute approximate surface area is 236 Å². The first-order valence-electron chi connectivity index (χ1n) is 12.1. The lowest BCUT2D eigenvalue weighted by Gasteiger charge is -2.49. The smallest absolute Gasteiger partial charge is 0.179 e. The molecular weight excluding hydrogens is 563 g/mol. The van der Waals surface area contributed by atoms with Gasteiger partial charge in [0.15, 0.2) is 21.3 Å². The molecule has 1 aliphatic heterocycles. The van der Waals surface area contributed by atoms with Crippen LogP contribution in [0.2, 0.25) is 10.0 Å². The fraction of sp³-hybridized carbons (Fsp3) is 0.346. The molecule has 0 unspecified atom stereocenters. The minimum Gasteiger partial charge on any atom is -0.493 e. The molecule has 10 nitrogen and oxygen atoms in total. The number of benzene rings is 1. The van der Waals surface area contributed by atoms with Gasteiger partial charge in [0.2, 0.25) is 0 Å². The summed E-state index contributed by atoms with van der Waals surface area (Å²) in [5.41, 5.74) is 2.26. The van der Waals surface area contributed by atoms with Crippen molar-refractivity contribution in [3.63, 3.8) is 0 Å². The summed E-state index contributed by atoms with van der Waals surface area (Å²) < 4.78 is 37.4. The Bertz CT molecular complexity index is 1650. The summed E-state index contributed by atoms with van der Waals surface area (Å²) in [6, 6.07) is 5.17. The van der Waals surface area contributed by atoms with Gasteiger partial charge in [0.1, 0.15) is 22.5 Å². The number of nitrogens with one attached hydrogen (secondary N) is 2. The fourth-order valence-corrected chi connectivity index (χ4v) is 6.26. The van der Waals surface area contributed by atoms with Crippen molar-refractivity contribution >= 4 is 49.8 Å². The van der Waals surface area contributed by atoms with E-state index in [0.717, 1.165) is 0 Å². The van der Waals surface area contributed by atoms with Crippen LogP contribution in [0.1, 0.15) is 25.5 Å². The van der Waals surface area contributed by atoms with Gasteiger partial charge in [-0.15, -0.1) is 0 Å². The number of sulfone groups is 1. The Morgan fingerprint density at radius 1 is 1.13 bits per heavy atom.